The first-order valence-corrected chi connectivity index (χ1v) is 5.91. The maximum Gasteiger partial charge on any atom is 0.354 e. The second-order valence-corrected chi connectivity index (χ2v) is 4.52. The minimum Gasteiger partial charge on any atom is -0.477 e. The molecule has 0 unspecified atom stereocenters. The Balaban J connectivity index is 2.63. The summed E-state index contributed by atoms with van der Waals surface area (Å²) in [4.78, 5) is 21.2. The van der Waals surface area contributed by atoms with E-state index in [1.165, 1.54) is 6.07 Å². The van der Waals surface area contributed by atoms with E-state index < -0.39 is 5.97 Å². The van der Waals surface area contributed by atoms with E-state index in [0.29, 0.717) is 22.2 Å². The van der Waals surface area contributed by atoms with Crippen LogP contribution in [0.1, 0.15) is 10.5 Å². The average molecular weight is 278 g/mol. The molecule has 98 valence electrons. The summed E-state index contributed by atoms with van der Waals surface area (Å²) in [5.74, 6) is -0.282. The molecule has 0 amide bonds. The van der Waals surface area contributed by atoms with Gasteiger partial charge in [0.15, 0.2) is 11.5 Å². The number of benzene rings is 1. The van der Waals surface area contributed by atoms with Gasteiger partial charge in [-0.25, -0.2) is 14.8 Å². The highest BCUT2D eigenvalue weighted by molar-refractivity contribution is 6.33. The van der Waals surface area contributed by atoms with Crippen LogP contribution >= 0.6 is 11.6 Å². The second kappa shape index (κ2) is 5.24. The number of carboxylic acids is 1. The molecule has 1 heterocycles. The van der Waals surface area contributed by atoms with E-state index in [1.807, 2.05) is 0 Å². The van der Waals surface area contributed by atoms with Gasteiger partial charge in [-0.3, -0.25) is 0 Å². The zero-order valence-electron chi connectivity index (χ0n) is 10.5. The summed E-state index contributed by atoms with van der Waals surface area (Å²) in [6.07, 6.45) is 0. The molecule has 19 heavy (non-hydrogen) atoms. The normalized spacial score (nSPS) is 10.3. The molecule has 0 aliphatic carbocycles. The summed E-state index contributed by atoms with van der Waals surface area (Å²) in [5.41, 5.74) is 0.545. The number of aromatic nitrogens is 2. The molecule has 6 heteroatoms. The zero-order chi connectivity index (χ0) is 14.0. The van der Waals surface area contributed by atoms with Crippen LogP contribution in [0.4, 0.5) is 5.82 Å². The molecule has 5 nitrogen and oxygen atoms in total. The van der Waals surface area contributed by atoms with E-state index in [2.05, 4.69) is 9.97 Å². The van der Waals surface area contributed by atoms with Crippen LogP contribution in [0.3, 0.4) is 0 Å². The van der Waals surface area contributed by atoms with Gasteiger partial charge in [-0.15, -0.1) is 0 Å². The van der Waals surface area contributed by atoms with Gasteiger partial charge in [0.05, 0.1) is 5.02 Å². The fourth-order valence-corrected chi connectivity index (χ4v) is 1.76. The maximum absolute atomic E-state index is 11.1. The fourth-order valence-electron chi connectivity index (χ4n) is 1.54. The highest BCUT2D eigenvalue weighted by Crippen LogP contribution is 2.26. The largest absolute Gasteiger partial charge is 0.477 e. The first kappa shape index (κ1) is 13.3. The highest BCUT2D eigenvalue weighted by Gasteiger charge is 2.14. The van der Waals surface area contributed by atoms with E-state index in [-0.39, 0.29) is 5.69 Å². The van der Waals surface area contributed by atoms with Crippen LogP contribution in [0.15, 0.2) is 30.3 Å². The SMILES string of the molecule is CN(C)c1cc(C(=O)O)nc(-c2ccccc2Cl)n1. The van der Waals surface area contributed by atoms with E-state index in [1.54, 1.807) is 43.3 Å². The summed E-state index contributed by atoms with van der Waals surface area (Å²) in [6.45, 7) is 0. The van der Waals surface area contributed by atoms with Gasteiger partial charge in [-0.05, 0) is 12.1 Å². The molecule has 2 aromatic rings. The van der Waals surface area contributed by atoms with Crippen molar-refractivity contribution in [1.82, 2.24) is 9.97 Å². The second-order valence-electron chi connectivity index (χ2n) is 4.11. The van der Waals surface area contributed by atoms with Crippen molar-refractivity contribution in [2.75, 3.05) is 19.0 Å². The maximum atomic E-state index is 11.1. The third-order valence-corrected chi connectivity index (χ3v) is 2.83. The topological polar surface area (TPSA) is 66.3 Å². The van der Waals surface area contributed by atoms with Gasteiger partial charge in [0.1, 0.15) is 5.82 Å². The van der Waals surface area contributed by atoms with Gasteiger partial charge in [0.2, 0.25) is 0 Å². The van der Waals surface area contributed by atoms with Crippen molar-refractivity contribution in [3.8, 4) is 11.4 Å². The van der Waals surface area contributed by atoms with E-state index >= 15 is 0 Å². The molecule has 0 radical (unpaired) electrons. The Kier molecular flexibility index (Phi) is 3.66. The van der Waals surface area contributed by atoms with Gasteiger partial charge >= 0.3 is 5.97 Å². The van der Waals surface area contributed by atoms with Crippen molar-refractivity contribution in [2.24, 2.45) is 0 Å². The summed E-state index contributed by atoms with van der Waals surface area (Å²) < 4.78 is 0. The van der Waals surface area contributed by atoms with Crippen molar-refractivity contribution in [1.29, 1.82) is 0 Å². The van der Waals surface area contributed by atoms with Gasteiger partial charge < -0.3 is 10.0 Å². The third-order valence-electron chi connectivity index (χ3n) is 2.50. The molecule has 0 bridgehead atoms. The van der Waals surface area contributed by atoms with Crippen LogP contribution in [-0.2, 0) is 0 Å². The summed E-state index contributed by atoms with van der Waals surface area (Å²) in [5, 5.41) is 9.57. The molecule has 0 saturated heterocycles. The number of carboxylic acid groups (broad SMARTS) is 1. The Morgan fingerprint density at radius 1 is 1.26 bits per heavy atom. The number of halogens is 1. The van der Waals surface area contributed by atoms with Crippen molar-refractivity contribution in [3.63, 3.8) is 0 Å². The number of hydrogen-bond acceptors (Lipinski definition) is 4. The molecule has 2 rings (SSSR count). The lowest BCUT2D eigenvalue weighted by molar-refractivity contribution is 0.0690. The molecule has 0 fully saturated rings. The molecule has 0 spiro atoms. The van der Waals surface area contributed by atoms with Crippen LogP contribution < -0.4 is 4.90 Å². The molecule has 0 aliphatic heterocycles. The summed E-state index contributed by atoms with van der Waals surface area (Å²) >= 11 is 6.08. The number of aromatic carboxylic acids is 1. The number of hydrogen-bond donors (Lipinski definition) is 1. The monoisotopic (exact) mass is 277 g/mol. The molecule has 0 atom stereocenters. The molecular weight excluding hydrogens is 266 g/mol. The lowest BCUT2D eigenvalue weighted by Gasteiger charge is -2.13. The number of rotatable bonds is 3. The number of carbonyl (C=O) groups is 1. The predicted octanol–water partition coefficient (Wildman–Crippen LogP) is 2.56. The van der Waals surface area contributed by atoms with Gasteiger partial charge in [-0.1, -0.05) is 23.7 Å². The van der Waals surface area contributed by atoms with E-state index in [4.69, 9.17) is 16.7 Å². The first-order chi connectivity index (χ1) is 8.99. The van der Waals surface area contributed by atoms with Gasteiger partial charge in [0, 0.05) is 25.7 Å². The van der Waals surface area contributed by atoms with Gasteiger partial charge in [0.25, 0.3) is 0 Å². The Hall–Kier alpha value is -2.14. The molecule has 0 aliphatic rings. The minimum atomic E-state index is -1.10. The van der Waals surface area contributed by atoms with Gasteiger partial charge in [-0.2, -0.15) is 0 Å². The first-order valence-electron chi connectivity index (χ1n) is 5.53. The lowest BCUT2D eigenvalue weighted by Crippen LogP contribution is -2.14. The summed E-state index contributed by atoms with van der Waals surface area (Å²) in [7, 11) is 3.56. The predicted molar refractivity (Wildman–Crippen MR) is 73.8 cm³/mol. The van der Waals surface area contributed by atoms with Crippen molar-refractivity contribution >= 4 is 23.4 Å². The van der Waals surface area contributed by atoms with Crippen LogP contribution in [0.25, 0.3) is 11.4 Å². The zero-order valence-corrected chi connectivity index (χ0v) is 11.2. The third kappa shape index (κ3) is 2.82. The average Bonchev–Trinajstić information content (AvgIpc) is 2.38. The number of nitrogens with zero attached hydrogens (tertiary/aromatic N) is 3. The van der Waals surface area contributed by atoms with Crippen molar-refractivity contribution in [2.45, 2.75) is 0 Å². The van der Waals surface area contributed by atoms with Crippen LogP contribution in [0.2, 0.25) is 5.02 Å². The molecule has 1 aromatic carbocycles. The lowest BCUT2D eigenvalue weighted by atomic mass is 10.2. The Morgan fingerprint density at radius 3 is 2.53 bits per heavy atom. The number of anilines is 1. The highest BCUT2D eigenvalue weighted by atomic mass is 35.5. The molecule has 1 N–H and O–H groups in total. The van der Waals surface area contributed by atoms with Crippen molar-refractivity contribution in [3.05, 3.63) is 41.0 Å². The van der Waals surface area contributed by atoms with E-state index in [9.17, 15) is 4.79 Å². The summed E-state index contributed by atoms with van der Waals surface area (Å²) in [6, 6.07) is 8.47. The van der Waals surface area contributed by atoms with Crippen LogP contribution in [0, 0.1) is 0 Å². The fraction of sp³-hybridized carbons (Fsp3) is 0.154. The Morgan fingerprint density at radius 2 is 1.95 bits per heavy atom. The molecule has 0 saturated carbocycles. The quantitative estimate of drug-likeness (QED) is 0.934. The minimum absolute atomic E-state index is 0.0615. The Labute approximate surface area is 115 Å². The van der Waals surface area contributed by atoms with Crippen LogP contribution in [-0.4, -0.2) is 35.1 Å². The molecule has 1 aromatic heterocycles. The molecular formula is C13H12ClN3O2. The van der Waals surface area contributed by atoms with Crippen molar-refractivity contribution < 1.29 is 9.90 Å². The smallest absolute Gasteiger partial charge is 0.354 e. The van der Waals surface area contributed by atoms with Crippen LogP contribution in [0.5, 0.6) is 0 Å². The van der Waals surface area contributed by atoms with E-state index in [0.717, 1.165) is 0 Å². The Bertz CT molecular complexity index is 629. The standard InChI is InChI=1S/C13H12ClN3O2/c1-17(2)11-7-10(13(18)19)15-12(16-11)8-5-3-4-6-9(8)14/h3-7H,1-2H3,(H,18,19).